The molecule has 154 valence electrons. The van der Waals surface area contributed by atoms with Crippen LogP contribution in [-0.2, 0) is 0 Å². The van der Waals surface area contributed by atoms with Crippen LogP contribution in [0.25, 0.3) is 0 Å². The minimum atomic E-state index is -0.507. The summed E-state index contributed by atoms with van der Waals surface area (Å²) < 4.78 is 16.5. The smallest absolute Gasteiger partial charge is 0.273 e. The number of hydrazine groups is 1. The Morgan fingerprint density at radius 3 is 2.23 bits per heavy atom. The average molecular weight is 406 g/mol. The molecular weight excluding hydrogens is 384 g/mol. The number of para-hydroxylation sites is 2. The van der Waals surface area contributed by atoms with Gasteiger partial charge in [-0.15, -0.1) is 0 Å². The predicted molar refractivity (Wildman–Crippen MR) is 112 cm³/mol. The second-order valence-corrected chi connectivity index (χ2v) is 6.12. The van der Waals surface area contributed by atoms with Gasteiger partial charge >= 0.3 is 0 Å². The molecule has 0 radical (unpaired) electrons. The van der Waals surface area contributed by atoms with E-state index in [1.54, 1.807) is 54.6 Å². The predicted octanol–water partition coefficient (Wildman–Crippen LogP) is 3.96. The summed E-state index contributed by atoms with van der Waals surface area (Å²) in [7, 11) is 1.49. The number of hydrogen-bond acceptors (Lipinski definition) is 5. The van der Waals surface area contributed by atoms with E-state index in [0.29, 0.717) is 35.2 Å². The van der Waals surface area contributed by atoms with Crippen molar-refractivity contribution in [2.45, 2.75) is 6.92 Å². The molecule has 3 rings (SSSR count). The molecule has 0 aromatic heterocycles. The molecule has 0 unspecified atom stereocenters. The lowest BCUT2D eigenvalue weighted by atomic mass is 10.2. The molecule has 0 aliphatic carbocycles. The summed E-state index contributed by atoms with van der Waals surface area (Å²) in [6.45, 7) is 2.33. The summed E-state index contributed by atoms with van der Waals surface area (Å²) in [4.78, 5) is 25.0. The highest BCUT2D eigenvalue weighted by atomic mass is 16.5. The molecule has 0 atom stereocenters. The Morgan fingerprint density at radius 1 is 0.800 bits per heavy atom. The second kappa shape index (κ2) is 9.97. The zero-order chi connectivity index (χ0) is 21.3. The lowest BCUT2D eigenvalue weighted by Gasteiger charge is -2.13. The van der Waals surface area contributed by atoms with Gasteiger partial charge in [0.15, 0.2) is 11.5 Å². The van der Waals surface area contributed by atoms with E-state index in [1.807, 2.05) is 25.1 Å². The molecular formula is C23H22N2O5. The van der Waals surface area contributed by atoms with Crippen molar-refractivity contribution < 1.29 is 23.8 Å². The van der Waals surface area contributed by atoms with Crippen LogP contribution < -0.4 is 25.1 Å². The molecule has 0 spiro atoms. The number of carbonyl (C=O) groups is 2. The Morgan fingerprint density at radius 2 is 1.50 bits per heavy atom. The molecule has 0 saturated carbocycles. The Balaban J connectivity index is 1.68. The third-order valence-corrected chi connectivity index (χ3v) is 4.12. The van der Waals surface area contributed by atoms with Gasteiger partial charge in [-0.3, -0.25) is 20.4 Å². The monoisotopic (exact) mass is 406 g/mol. The van der Waals surface area contributed by atoms with Gasteiger partial charge in [0, 0.05) is 5.56 Å². The highest BCUT2D eigenvalue weighted by Crippen LogP contribution is 2.28. The Kier molecular flexibility index (Phi) is 6.89. The van der Waals surface area contributed by atoms with Gasteiger partial charge < -0.3 is 14.2 Å². The Bertz CT molecular complexity index is 1020. The molecule has 0 heterocycles. The summed E-state index contributed by atoms with van der Waals surface area (Å²) in [5.74, 6) is 0.936. The zero-order valence-electron chi connectivity index (χ0n) is 16.7. The summed E-state index contributed by atoms with van der Waals surface area (Å²) in [6.07, 6.45) is 0. The standard InChI is InChI=1S/C23H22N2O5/c1-3-29-20-14-13-16(15-21(20)28-2)22(26)24-25-23(27)18-11-7-8-12-19(18)30-17-9-5-4-6-10-17/h4-15H,3H2,1-2H3,(H,24,26)(H,25,27). The number of carbonyl (C=O) groups excluding carboxylic acids is 2. The van der Waals surface area contributed by atoms with Crippen LogP contribution in [-0.4, -0.2) is 25.5 Å². The quantitative estimate of drug-likeness (QED) is 0.580. The fourth-order valence-corrected chi connectivity index (χ4v) is 2.70. The minimum absolute atomic E-state index is 0.283. The lowest BCUT2D eigenvalue weighted by molar-refractivity contribution is 0.0845. The maximum atomic E-state index is 12.6. The van der Waals surface area contributed by atoms with Gasteiger partial charge in [0.05, 0.1) is 19.3 Å². The van der Waals surface area contributed by atoms with Gasteiger partial charge in [0.2, 0.25) is 0 Å². The number of ether oxygens (including phenoxy) is 3. The van der Waals surface area contributed by atoms with Crippen molar-refractivity contribution in [1.29, 1.82) is 0 Å². The maximum absolute atomic E-state index is 12.6. The Hall–Kier alpha value is -4.00. The van der Waals surface area contributed by atoms with Gasteiger partial charge in [-0.05, 0) is 49.4 Å². The number of methoxy groups -OCH3 is 1. The normalized spacial score (nSPS) is 10.1. The van der Waals surface area contributed by atoms with Gasteiger partial charge in [0.1, 0.15) is 11.5 Å². The molecule has 0 aliphatic heterocycles. The maximum Gasteiger partial charge on any atom is 0.273 e. The first-order chi connectivity index (χ1) is 14.6. The molecule has 30 heavy (non-hydrogen) atoms. The topological polar surface area (TPSA) is 85.9 Å². The van der Waals surface area contributed by atoms with Crippen molar-refractivity contribution >= 4 is 11.8 Å². The fourth-order valence-electron chi connectivity index (χ4n) is 2.70. The minimum Gasteiger partial charge on any atom is -0.493 e. The highest BCUT2D eigenvalue weighted by molar-refractivity contribution is 6.00. The largest absolute Gasteiger partial charge is 0.493 e. The third-order valence-electron chi connectivity index (χ3n) is 4.12. The summed E-state index contributed by atoms with van der Waals surface area (Å²) >= 11 is 0. The molecule has 3 aromatic rings. The molecule has 7 nitrogen and oxygen atoms in total. The first-order valence-electron chi connectivity index (χ1n) is 9.35. The van der Waals surface area contributed by atoms with Crippen LogP contribution >= 0.6 is 0 Å². The molecule has 3 aromatic carbocycles. The van der Waals surface area contributed by atoms with Crippen molar-refractivity contribution in [3.8, 4) is 23.0 Å². The first kappa shape index (κ1) is 20.7. The van der Waals surface area contributed by atoms with Crippen molar-refractivity contribution in [3.05, 3.63) is 83.9 Å². The fraction of sp³-hybridized carbons (Fsp3) is 0.130. The summed E-state index contributed by atoms with van der Waals surface area (Å²) in [5, 5.41) is 0. The van der Waals surface area contributed by atoms with Crippen LogP contribution in [0.3, 0.4) is 0 Å². The average Bonchev–Trinajstić information content (AvgIpc) is 2.78. The molecule has 2 N–H and O–H groups in total. The number of benzene rings is 3. The van der Waals surface area contributed by atoms with E-state index >= 15 is 0 Å². The number of amides is 2. The number of hydrogen-bond donors (Lipinski definition) is 2. The van der Waals surface area contributed by atoms with E-state index in [4.69, 9.17) is 14.2 Å². The molecule has 0 saturated heterocycles. The van der Waals surface area contributed by atoms with Gasteiger partial charge in [-0.25, -0.2) is 0 Å². The number of nitrogens with one attached hydrogen (secondary N) is 2. The van der Waals surface area contributed by atoms with Crippen LogP contribution in [0.4, 0.5) is 0 Å². The van der Waals surface area contributed by atoms with Crippen LogP contribution in [0.5, 0.6) is 23.0 Å². The van der Waals surface area contributed by atoms with E-state index in [9.17, 15) is 9.59 Å². The van der Waals surface area contributed by atoms with Crippen molar-refractivity contribution in [2.75, 3.05) is 13.7 Å². The molecule has 2 amide bonds. The van der Waals surface area contributed by atoms with Gasteiger partial charge in [0.25, 0.3) is 11.8 Å². The summed E-state index contributed by atoms with van der Waals surface area (Å²) in [6, 6.07) is 20.7. The van der Waals surface area contributed by atoms with Crippen molar-refractivity contribution in [2.24, 2.45) is 0 Å². The first-order valence-corrected chi connectivity index (χ1v) is 9.35. The van der Waals surface area contributed by atoms with E-state index < -0.39 is 11.8 Å². The molecule has 0 aliphatic rings. The van der Waals surface area contributed by atoms with Crippen molar-refractivity contribution in [1.82, 2.24) is 10.9 Å². The molecule has 0 fully saturated rings. The van der Waals surface area contributed by atoms with Gasteiger partial charge in [-0.1, -0.05) is 30.3 Å². The van der Waals surface area contributed by atoms with E-state index in [1.165, 1.54) is 7.11 Å². The second-order valence-electron chi connectivity index (χ2n) is 6.12. The lowest BCUT2D eigenvalue weighted by Crippen LogP contribution is -2.41. The van der Waals surface area contributed by atoms with E-state index in [0.717, 1.165) is 0 Å². The van der Waals surface area contributed by atoms with Crippen LogP contribution in [0.1, 0.15) is 27.6 Å². The molecule has 0 bridgehead atoms. The van der Waals surface area contributed by atoms with E-state index in [-0.39, 0.29) is 5.56 Å². The molecule has 7 heteroatoms. The summed E-state index contributed by atoms with van der Waals surface area (Å²) in [5.41, 5.74) is 5.40. The van der Waals surface area contributed by atoms with Crippen molar-refractivity contribution in [3.63, 3.8) is 0 Å². The van der Waals surface area contributed by atoms with Gasteiger partial charge in [-0.2, -0.15) is 0 Å². The van der Waals surface area contributed by atoms with Crippen LogP contribution in [0, 0.1) is 0 Å². The van der Waals surface area contributed by atoms with Crippen LogP contribution in [0.15, 0.2) is 72.8 Å². The SMILES string of the molecule is CCOc1ccc(C(=O)NNC(=O)c2ccccc2Oc2ccccc2)cc1OC. The van der Waals surface area contributed by atoms with Crippen LogP contribution in [0.2, 0.25) is 0 Å². The third kappa shape index (κ3) is 5.08. The Labute approximate surface area is 174 Å². The number of rotatable bonds is 7. The zero-order valence-corrected chi connectivity index (χ0v) is 16.7. The highest BCUT2D eigenvalue weighted by Gasteiger charge is 2.15. The van der Waals surface area contributed by atoms with E-state index in [2.05, 4.69) is 10.9 Å².